The van der Waals surface area contributed by atoms with Crippen LogP contribution >= 0.6 is 0 Å². The predicted molar refractivity (Wildman–Crippen MR) is 83.8 cm³/mol. The van der Waals surface area contributed by atoms with Crippen molar-refractivity contribution >= 4 is 6.09 Å². The minimum Gasteiger partial charge on any atom is -0.416 e. The van der Waals surface area contributed by atoms with Gasteiger partial charge in [0.2, 0.25) is 0 Å². The topological polar surface area (TPSA) is 84.3 Å². The highest BCUT2D eigenvalue weighted by molar-refractivity contribution is 5.69. The van der Waals surface area contributed by atoms with Gasteiger partial charge in [0.05, 0.1) is 0 Å². The van der Waals surface area contributed by atoms with Crippen molar-refractivity contribution in [1.29, 1.82) is 0 Å². The smallest absolute Gasteiger partial charge is 0.400 e. The number of hydrogen-bond acceptors (Lipinski definition) is 3. The van der Waals surface area contributed by atoms with Crippen LogP contribution in [0.15, 0.2) is 5.11 Å². The van der Waals surface area contributed by atoms with Gasteiger partial charge in [-0.05, 0) is 52.0 Å². The first-order chi connectivity index (χ1) is 10.3. The molecule has 0 heterocycles. The quantitative estimate of drug-likeness (QED) is 0.246. The fourth-order valence-corrected chi connectivity index (χ4v) is 2.55. The minimum atomic E-state index is -1.33. The molecule has 1 aliphatic carbocycles. The molecular formula is C16H25N3O3. The maximum Gasteiger partial charge on any atom is 0.400 e. The molecule has 0 N–H and O–H groups in total. The van der Waals surface area contributed by atoms with Crippen LogP contribution < -0.4 is 0 Å². The largest absolute Gasteiger partial charge is 0.416 e. The van der Waals surface area contributed by atoms with Crippen LogP contribution in [-0.4, -0.2) is 18.5 Å². The number of carbonyl (C=O) groups excluding carboxylic acids is 1. The Kier molecular flexibility index (Phi) is 6.73. The highest BCUT2D eigenvalue weighted by Gasteiger charge is 2.43. The van der Waals surface area contributed by atoms with Gasteiger partial charge in [0.15, 0.2) is 0 Å². The van der Waals surface area contributed by atoms with Crippen LogP contribution in [0.5, 0.6) is 0 Å². The maximum atomic E-state index is 11.7. The Bertz CT molecular complexity index is 489. The van der Waals surface area contributed by atoms with Gasteiger partial charge in [-0.2, -0.15) is 0 Å². The molecule has 1 amide bonds. The van der Waals surface area contributed by atoms with E-state index in [1.54, 1.807) is 0 Å². The molecule has 6 nitrogen and oxygen atoms in total. The zero-order valence-corrected chi connectivity index (χ0v) is 13.9. The summed E-state index contributed by atoms with van der Waals surface area (Å²) in [4.78, 5) is 14.2. The Morgan fingerprint density at radius 1 is 1.27 bits per heavy atom. The molecule has 122 valence electrons. The van der Waals surface area contributed by atoms with Gasteiger partial charge in [0.1, 0.15) is 0 Å². The molecule has 0 aliphatic heterocycles. The molecule has 22 heavy (non-hydrogen) atoms. The van der Waals surface area contributed by atoms with Crippen molar-refractivity contribution in [2.45, 2.75) is 65.6 Å². The number of azide groups is 1. The van der Waals surface area contributed by atoms with E-state index in [0.717, 1.165) is 32.1 Å². The maximum absolute atomic E-state index is 11.7. The third kappa shape index (κ3) is 5.59. The lowest BCUT2D eigenvalue weighted by Gasteiger charge is -2.37. The molecule has 0 aromatic rings. The molecule has 1 rings (SSSR count). The number of amides is 1. The van der Waals surface area contributed by atoms with Gasteiger partial charge >= 0.3 is 6.09 Å². The monoisotopic (exact) mass is 307 g/mol. The first kappa shape index (κ1) is 18.3. The molecule has 1 fully saturated rings. The van der Waals surface area contributed by atoms with Crippen molar-refractivity contribution < 1.29 is 14.3 Å². The van der Waals surface area contributed by atoms with E-state index in [1.165, 1.54) is 0 Å². The third-order valence-electron chi connectivity index (χ3n) is 3.48. The number of nitrogens with zero attached hydrogens (tertiary/aromatic N) is 3. The first-order valence-electron chi connectivity index (χ1n) is 7.79. The van der Waals surface area contributed by atoms with E-state index in [4.69, 9.17) is 15.0 Å². The Labute approximate surface area is 132 Å². The van der Waals surface area contributed by atoms with Gasteiger partial charge in [-0.25, -0.2) is 4.79 Å². The SMILES string of the molecule is CCOC(C#CC(C)(C)C)(OC(=O)N=[N+]=[N-])C1CCCCC1. The molecule has 1 saturated carbocycles. The molecule has 0 spiro atoms. The van der Waals surface area contributed by atoms with E-state index in [9.17, 15) is 4.79 Å². The second-order valence-electron chi connectivity index (χ2n) is 6.49. The van der Waals surface area contributed by atoms with Gasteiger partial charge in [-0.1, -0.05) is 25.2 Å². The van der Waals surface area contributed by atoms with Crippen LogP contribution in [0.4, 0.5) is 4.79 Å². The lowest BCUT2D eigenvalue weighted by atomic mass is 9.82. The Morgan fingerprint density at radius 3 is 2.41 bits per heavy atom. The van der Waals surface area contributed by atoms with Gasteiger partial charge in [0.25, 0.3) is 5.79 Å². The van der Waals surface area contributed by atoms with Crippen LogP contribution in [0.3, 0.4) is 0 Å². The van der Waals surface area contributed by atoms with E-state index in [-0.39, 0.29) is 11.3 Å². The summed E-state index contributed by atoms with van der Waals surface area (Å²) in [6, 6.07) is 0. The molecule has 0 saturated heterocycles. The summed E-state index contributed by atoms with van der Waals surface area (Å²) in [7, 11) is 0. The van der Waals surface area contributed by atoms with E-state index >= 15 is 0 Å². The van der Waals surface area contributed by atoms with E-state index in [0.29, 0.717) is 6.61 Å². The molecule has 0 bridgehead atoms. The number of hydrogen-bond donors (Lipinski definition) is 0. The summed E-state index contributed by atoms with van der Waals surface area (Å²) >= 11 is 0. The number of rotatable bonds is 4. The van der Waals surface area contributed by atoms with Crippen LogP contribution in [0.2, 0.25) is 0 Å². The molecule has 0 aromatic carbocycles. The zero-order valence-electron chi connectivity index (χ0n) is 13.9. The molecule has 6 heteroatoms. The first-order valence-corrected chi connectivity index (χ1v) is 7.79. The van der Waals surface area contributed by atoms with Gasteiger partial charge < -0.3 is 9.47 Å². The summed E-state index contributed by atoms with van der Waals surface area (Å²) in [5.74, 6) is 4.81. The van der Waals surface area contributed by atoms with Gasteiger partial charge in [0, 0.05) is 28.0 Å². The third-order valence-corrected chi connectivity index (χ3v) is 3.48. The average molecular weight is 307 g/mol. The van der Waals surface area contributed by atoms with Crippen molar-refractivity contribution in [2.75, 3.05) is 6.61 Å². The second kappa shape index (κ2) is 8.07. The molecular weight excluding hydrogens is 282 g/mol. The standard InChI is InChI=1S/C16H25N3O3/c1-5-21-16(12-11-15(2,3)4,22-14(20)18-19-17)13-9-7-6-8-10-13/h13H,5-10H2,1-4H3. The summed E-state index contributed by atoms with van der Waals surface area (Å²) in [5.41, 5.74) is 8.17. The summed E-state index contributed by atoms with van der Waals surface area (Å²) in [6.07, 6.45) is 4.02. The summed E-state index contributed by atoms with van der Waals surface area (Å²) in [6.45, 7) is 8.13. The molecule has 0 radical (unpaired) electrons. The van der Waals surface area contributed by atoms with Crippen LogP contribution in [0, 0.1) is 23.2 Å². The van der Waals surface area contributed by atoms with Crippen LogP contribution in [-0.2, 0) is 9.47 Å². The Balaban J connectivity index is 3.18. The summed E-state index contributed by atoms with van der Waals surface area (Å²) in [5, 5.41) is 3.00. The normalized spacial score (nSPS) is 18.4. The molecule has 1 unspecified atom stereocenters. The van der Waals surface area contributed by atoms with Crippen LogP contribution in [0.25, 0.3) is 10.4 Å². The van der Waals surface area contributed by atoms with Gasteiger partial charge in [-0.3, -0.25) is 0 Å². The lowest BCUT2D eigenvalue weighted by Crippen LogP contribution is -2.45. The van der Waals surface area contributed by atoms with E-state index in [2.05, 4.69) is 21.9 Å². The lowest BCUT2D eigenvalue weighted by molar-refractivity contribution is -0.194. The molecule has 1 atom stereocenters. The van der Waals surface area contributed by atoms with E-state index < -0.39 is 11.9 Å². The number of ether oxygens (including phenoxy) is 2. The van der Waals surface area contributed by atoms with Crippen molar-refractivity contribution in [1.82, 2.24) is 0 Å². The Morgan fingerprint density at radius 2 is 1.91 bits per heavy atom. The van der Waals surface area contributed by atoms with Crippen LogP contribution in [0.1, 0.15) is 59.8 Å². The fraction of sp³-hybridized carbons (Fsp3) is 0.812. The fourth-order valence-electron chi connectivity index (χ4n) is 2.55. The van der Waals surface area contributed by atoms with E-state index in [1.807, 2.05) is 27.7 Å². The van der Waals surface area contributed by atoms with Crippen molar-refractivity contribution in [3.63, 3.8) is 0 Å². The highest BCUT2D eigenvalue weighted by atomic mass is 16.7. The van der Waals surface area contributed by atoms with Crippen molar-refractivity contribution in [3.8, 4) is 11.8 Å². The van der Waals surface area contributed by atoms with Gasteiger partial charge in [-0.15, -0.1) is 0 Å². The zero-order chi connectivity index (χ0) is 16.6. The van der Waals surface area contributed by atoms with Crippen molar-refractivity contribution in [3.05, 3.63) is 10.4 Å². The van der Waals surface area contributed by atoms with Crippen molar-refractivity contribution in [2.24, 2.45) is 16.4 Å². The highest BCUT2D eigenvalue weighted by Crippen LogP contribution is 2.36. The molecule has 0 aromatic heterocycles. The average Bonchev–Trinajstić information content (AvgIpc) is 2.45. The minimum absolute atomic E-state index is 0.00565. The second-order valence-corrected chi connectivity index (χ2v) is 6.49. The predicted octanol–water partition coefficient (Wildman–Crippen LogP) is 4.80. The summed E-state index contributed by atoms with van der Waals surface area (Å²) < 4.78 is 11.2. The number of carbonyl (C=O) groups is 1. The molecule has 1 aliphatic rings. The Hall–Kier alpha value is -1.70.